The molecule has 1 rings (SSSR count). The van der Waals surface area contributed by atoms with Crippen LogP contribution in [0.5, 0.6) is 0 Å². The predicted molar refractivity (Wildman–Crippen MR) is 53.2 cm³/mol. The summed E-state index contributed by atoms with van der Waals surface area (Å²) in [4.78, 5) is 2.51. The second-order valence-corrected chi connectivity index (χ2v) is 4.68. The molecular weight excluding hydrogens is 148 g/mol. The average molecular weight is 170 g/mol. The number of nitrogens with zero attached hydrogens (tertiary/aromatic N) is 1. The summed E-state index contributed by atoms with van der Waals surface area (Å²) in [6.07, 6.45) is 5.52. The normalized spacial score (nSPS) is 22.2. The molecule has 72 valence electrons. The fourth-order valence-electron chi connectivity index (χ4n) is 1.87. The van der Waals surface area contributed by atoms with Crippen LogP contribution in [0.1, 0.15) is 39.5 Å². The van der Waals surface area contributed by atoms with Gasteiger partial charge in [0, 0.05) is 12.1 Å². The van der Waals surface area contributed by atoms with Gasteiger partial charge in [-0.05, 0) is 39.8 Å². The van der Waals surface area contributed by atoms with Crippen LogP contribution >= 0.6 is 0 Å². The van der Waals surface area contributed by atoms with Gasteiger partial charge in [-0.15, -0.1) is 0 Å². The SMILES string of the molecule is CC(C)(N)CN1CCCCCC1. The van der Waals surface area contributed by atoms with Crippen molar-refractivity contribution >= 4 is 0 Å². The van der Waals surface area contributed by atoms with E-state index >= 15 is 0 Å². The largest absolute Gasteiger partial charge is 0.324 e. The van der Waals surface area contributed by atoms with E-state index in [2.05, 4.69) is 18.7 Å². The standard InChI is InChI=1S/C10H22N2/c1-10(2,11)9-12-7-5-3-4-6-8-12/h3-9,11H2,1-2H3. The molecule has 0 aromatic carbocycles. The molecule has 0 aliphatic carbocycles. The van der Waals surface area contributed by atoms with Crippen LogP contribution in [0.3, 0.4) is 0 Å². The number of hydrogen-bond donors (Lipinski definition) is 1. The van der Waals surface area contributed by atoms with Crippen molar-refractivity contribution in [1.82, 2.24) is 4.90 Å². The second-order valence-electron chi connectivity index (χ2n) is 4.68. The molecule has 0 amide bonds. The van der Waals surface area contributed by atoms with Gasteiger partial charge in [0.05, 0.1) is 0 Å². The van der Waals surface area contributed by atoms with Crippen LogP contribution in [0.2, 0.25) is 0 Å². The molecule has 12 heavy (non-hydrogen) atoms. The summed E-state index contributed by atoms with van der Waals surface area (Å²) in [5, 5.41) is 0. The zero-order valence-corrected chi connectivity index (χ0v) is 8.47. The summed E-state index contributed by atoms with van der Waals surface area (Å²) >= 11 is 0. The monoisotopic (exact) mass is 170 g/mol. The Morgan fingerprint density at radius 2 is 1.58 bits per heavy atom. The molecule has 2 heteroatoms. The highest BCUT2D eigenvalue weighted by atomic mass is 15.1. The molecule has 0 aromatic rings. The third kappa shape index (κ3) is 4.07. The Kier molecular flexibility index (Phi) is 3.53. The van der Waals surface area contributed by atoms with E-state index < -0.39 is 0 Å². The fourth-order valence-corrected chi connectivity index (χ4v) is 1.87. The van der Waals surface area contributed by atoms with E-state index in [1.807, 2.05) is 0 Å². The van der Waals surface area contributed by atoms with Crippen LogP contribution in [0.25, 0.3) is 0 Å². The van der Waals surface area contributed by atoms with Gasteiger partial charge >= 0.3 is 0 Å². The third-order valence-electron chi connectivity index (χ3n) is 2.33. The van der Waals surface area contributed by atoms with Crippen LogP contribution in [0.15, 0.2) is 0 Å². The molecule has 1 aliphatic heterocycles. The van der Waals surface area contributed by atoms with Crippen molar-refractivity contribution in [2.45, 2.75) is 45.1 Å². The molecule has 2 nitrogen and oxygen atoms in total. The van der Waals surface area contributed by atoms with Gasteiger partial charge < -0.3 is 10.6 Å². The van der Waals surface area contributed by atoms with E-state index in [9.17, 15) is 0 Å². The highest BCUT2D eigenvalue weighted by molar-refractivity contribution is 4.78. The summed E-state index contributed by atoms with van der Waals surface area (Å²) in [5.74, 6) is 0. The first-order chi connectivity index (χ1) is 5.58. The summed E-state index contributed by atoms with van der Waals surface area (Å²) in [6, 6.07) is 0. The zero-order chi connectivity index (χ0) is 9.03. The maximum Gasteiger partial charge on any atom is 0.0226 e. The first-order valence-electron chi connectivity index (χ1n) is 5.09. The Balaban J connectivity index is 2.30. The van der Waals surface area contributed by atoms with Crippen molar-refractivity contribution < 1.29 is 0 Å². The number of nitrogens with two attached hydrogens (primary N) is 1. The molecule has 1 aliphatic rings. The highest BCUT2D eigenvalue weighted by Crippen LogP contribution is 2.11. The van der Waals surface area contributed by atoms with E-state index in [0.29, 0.717) is 0 Å². The smallest absolute Gasteiger partial charge is 0.0226 e. The van der Waals surface area contributed by atoms with Crippen LogP contribution in [0.4, 0.5) is 0 Å². The number of hydrogen-bond acceptors (Lipinski definition) is 2. The summed E-state index contributed by atoms with van der Waals surface area (Å²) in [6.45, 7) is 7.77. The quantitative estimate of drug-likeness (QED) is 0.682. The molecule has 0 radical (unpaired) electrons. The van der Waals surface area contributed by atoms with Gasteiger partial charge in [0.2, 0.25) is 0 Å². The van der Waals surface area contributed by atoms with Gasteiger partial charge in [0.1, 0.15) is 0 Å². The van der Waals surface area contributed by atoms with Crippen molar-refractivity contribution in [3.05, 3.63) is 0 Å². The van der Waals surface area contributed by atoms with Crippen LogP contribution < -0.4 is 5.73 Å². The molecular formula is C10H22N2. The molecule has 1 heterocycles. The highest BCUT2D eigenvalue weighted by Gasteiger charge is 2.17. The van der Waals surface area contributed by atoms with Gasteiger partial charge in [-0.1, -0.05) is 12.8 Å². The lowest BCUT2D eigenvalue weighted by Crippen LogP contribution is -2.45. The molecule has 0 saturated carbocycles. The van der Waals surface area contributed by atoms with Gasteiger partial charge in [-0.25, -0.2) is 0 Å². The molecule has 0 spiro atoms. The first-order valence-corrected chi connectivity index (χ1v) is 5.09. The van der Waals surface area contributed by atoms with Crippen molar-refractivity contribution in [3.63, 3.8) is 0 Å². The van der Waals surface area contributed by atoms with Gasteiger partial charge in [0.15, 0.2) is 0 Å². The maximum atomic E-state index is 5.98. The van der Waals surface area contributed by atoms with Gasteiger partial charge in [-0.3, -0.25) is 0 Å². The van der Waals surface area contributed by atoms with Gasteiger partial charge in [0.25, 0.3) is 0 Å². The lowest BCUT2D eigenvalue weighted by atomic mass is 10.1. The summed E-state index contributed by atoms with van der Waals surface area (Å²) in [7, 11) is 0. The van der Waals surface area contributed by atoms with Gasteiger partial charge in [-0.2, -0.15) is 0 Å². The summed E-state index contributed by atoms with van der Waals surface area (Å²) in [5.41, 5.74) is 5.95. The second kappa shape index (κ2) is 4.24. The topological polar surface area (TPSA) is 29.3 Å². The molecule has 0 atom stereocenters. The average Bonchev–Trinajstić information content (AvgIpc) is 2.12. The lowest BCUT2D eigenvalue weighted by Gasteiger charge is -2.28. The Hall–Kier alpha value is -0.0800. The molecule has 0 bridgehead atoms. The van der Waals surface area contributed by atoms with Crippen molar-refractivity contribution in [2.24, 2.45) is 5.73 Å². The van der Waals surface area contributed by atoms with Crippen LogP contribution in [-0.2, 0) is 0 Å². The van der Waals surface area contributed by atoms with Crippen molar-refractivity contribution in [2.75, 3.05) is 19.6 Å². The van der Waals surface area contributed by atoms with E-state index in [-0.39, 0.29) is 5.54 Å². The predicted octanol–water partition coefficient (Wildman–Crippen LogP) is 1.60. The Labute approximate surface area is 76.1 Å². The van der Waals surface area contributed by atoms with Crippen molar-refractivity contribution in [3.8, 4) is 0 Å². The van der Waals surface area contributed by atoms with Crippen LogP contribution in [-0.4, -0.2) is 30.1 Å². The Morgan fingerprint density at radius 1 is 1.08 bits per heavy atom. The van der Waals surface area contributed by atoms with E-state index in [4.69, 9.17) is 5.73 Å². The minimum absolute atomic E-state index is 0.0235. The van der Waals surface area contributed by atoms with E-state index in [1.165, 1.54) is 38.8 Å². The van der Waals surface area contributed by atoms with Crippen LogP contribution in [0, 0.1) is 0 Å². The molecule has 1 saturated heterocycles. The first kappa shape index (κ1) is 10.0. The van der Waals surface area contributed by atoms with E-state index in [0.717, 1.165) is 6.54 Å². The zero-order valence-electron chi connectivity index (χ0n) is 8.47. The van der Waals surface area contributed by atoms with Crippen molar-refractivity contribution in [1.29, 1.82) is 0 Å². The number of likely N-dealkylation sites (tertiary alicyclic amines) is 1. The minimum atomic E-state index is -0.0235. The number of rotatable bonds is 2. The minimum Gasteiger partial charge on any atom is -0.324 e. The summed E-state index contributed by atoms with van der Waals surface area (Å²) < 4.78 is 0. The molecule has 0 aromatic heterocycles. The molecule has 2 N–H and O–H groups in total. The third-order valence-corrected chi connectivity index (χ3v) is 2.33. The lowest BCUT2D eigenvalue weighted by molar-refractivity contribution is 0.233. The Bertz CT molecular complexity index is 118. The fraction of sp³-hybridized carbons (Fsp3) is 1.00. The maximum absolute atomic E-state index is 5.98. The van der Waals surface area contributed by atoms with E-state index in [1.54, 1.807) is 0 Å². The molecule has 1 fully saturated rings. The molecule has 0 unspecified atom stereocenters. The Morgan fingerprint density at radius 3 is 2.00 bits per heavy atom.